The summed E-state index contributed by atoms with van der Waals surface area (Å²) in [6, 6.07) is -0.267. The van der Waals surface area contributed by atoms with Gasteiger partial charge in [0.05, 0.1) is 0 Å². The van der Waals surface area contributed by atoms with Gasteiger partial charge in [0.1, 0.15) is 11.9 Å². The molecule has 2 rings (SSSR count). The van der Waals surface area contributed by atoms with Gasteiger partial charge in [0, 0.05) is 39.0 Å². The predicted octanol–water partition coefficient (Wildman–Crippen LogP) is -0.868. The number of amides is 1. The number of hydrogen-bond acceptors (Lipinski definition) is 3. The Bertz CT molecular complexity index is 346. The van der Waals surface area contributed by atoms with E-state index in [1.54, 1.807) is 11.1 Å². The lowest BCUT2D eigenvalue weighted by Crippen LogP contribution is -2.61. The van der Waals surface area contributed by atoms with E-state index in [1.807, 2.05) is 17.8 Å². The van der Waals surface area contributed by atoms with E-state index >= 15 is 0 Å². The second-order valence-electron chi connectivity index (χ2n) is 3.60. The lowest BCUT2D eigenvalue weighted by atomic mass is 10.1. The number of aromatic nitrogens is 2. The zero-order valence-corrected chi connectivity index (χ0v) is 8.18. The van der Waals surface area contributed by atoms with Crippen molar-refractivity contribution in [2.75, 3.05) is 13.1 Å². The molecule has 2 heterocycles. The number of hydrogen-bond donors (Lipinski definition) is 1. The van der Waals surface area contributed by atoms with Crippen molar-refractivity contribution in [3.8, 4) is 0 Å². The van der Waals surface area contributed by atoms with Crippen LogP contribution in [0, 0.1) is 0 Å². The van der Waals surface area contributed by atoms with Crippen LogP contribution in [-0.4, -0.2) is 39.5 Å². The highest BCUT2D eigenvalue weighted by atomic mass is 16.2. The molecule has 0 radical (unpaired) electrons. The molecule has 5 heteroatoms. The number of carbonyl (C=O) groups is 1. The molecule has 1 aromatic rings. The van der Waals surface area contributed by atoms with Crippen LogP contribution < -0.4 is 5.73 Å². The van der Waals surface area contributed by atoms with Crippen molar-refractivity contribution >= 4 is 5.91 Å². The van der Waals surface area contributed by atoms with Gasteiger partial charge >= 0.3 is 0 Å². The Labute approximate surface area is 82.5 Å². The van der Waals surface area contributed by atoms with Crippen LogP contribution in [-0.2, 0) is 18.3 Å². The van der Waals surface area contributed by atoms with Crippen molar-refractivity contribution in [2.24, 2.45) is 12.8 Å². The fraction of sp³-hybridized carbons (Fsp3) is 0.556. The van der Waals surface area contributed by atoms with Crippen LogP contribution in [0.3, 0.4) is 0 Å². The van der Waals surface area contributed by atoms with Gasteiger partial charge in [0.15, 0.2) is 0 Å². The number of nitrogens with zero attached hydrogens (tertiary/aromatic N) is 3. The monoisotopic (exact) mass is 194 g/mol. The fourth-order valence-corrected chi connectivity index (χ4v) is 1.60. The van der Waals surface area contributed by atoms with Crippen molar-refractivity contribution in [2.45, 2.75) is 12.5 Å². The van der Waals surface area contributed by atoms with E-state index in [-0.39, 0.29) is 11.9 Å². The third-order valence-electron chi connectivity index (χ3n) is 2.57. The molecule has 1 saturated heterocycles. The summed E-state index contributed by atoms with van der Waals surface area (Å²) >= 11 is 0. The lowest BCUT2D eigenvalue weighted by molar-refractivity contribution is -0.142. The van der Waals surface area contributed by atoms with Gasteiger partial charge in [-0.3, -0.25) is 4.79 Å². The molecule has 1 aromatic heterocycles. The fourth-order valence-electron chi connectivity index (χ4n) is 1.60. The molecule has 14 heavy (non-hydrogen) atoms. The Balaban J connectivity index is 1.84. The molecule has 1 aliphatic rings. The average Bonchev–Trinajstić information content (AvgIpc) is 2.58. The van der Waals surface area contributed by atoms with Crippen molar-refractivity contribution < 1.29 is 4.79 Å². The molecule has 1 amide bonds. The first-order valence-corrected chi connectivity index (χ1v) is 4.69. The summed E-state index contributed by atoms with van der Waals surface area (Å²) in [5.74, 6) is 1.05. The summed E-state index contributed by atoms with van der Waals surface area (Å²) in [5, 5.41) is 0. The maximum absolute atomic E-state index is 11.2. The first-order valence-electron chi connectivity index (χ1n) is 4.69. The molecule has 1 aliphatic heterocycles. The number of aryl methyl sites for hydroxylation is 1. The van der Waals surface area contributed by atoms with Gasteiger partial charge in [-0.25, -0.2) is 4.98 Å². The van der Waals surface area contributed by atoms with Gasteiger partial charge in [-0.2, -0.15) is 0 Å². The minimum atomic E-state index is -0.267. The topological polar surface area (TPSA) is 64.2 Å². The summed E-state index contributed by atoms with van der Waals surface area (Å²) < 4.78 is 1.96. The van der Waals surface area contributed by atoms with E-state index in [2.05, 4.69) is 4.98 Å². The largest absolute Gasteiger partial charge is 0.339 e. The molecule has 1 fully saturated rings. The van der Waals surface area contributed by atoms with Crippen molar-refractivity contribution in [1.82, 2.24) is 14.5 Å². The third kappa shape index (κ3) is 1.50. The molecule has 0 aliphatic carbocycles. The van der Waals surface area contributed by atoms with Crippen LogP contribution in [0.5, 0.6) is 0 Å². The number of β-lactam (4-membered cyclic amide) rings is 1. The predicted molar refractivity (Wildman–Crippen MR) is 51.5 cm³/mol. The Morgan fingerprint density at radius 1 is 1.71 bits per heavy atom. The maximum atomic E-state index is 11.2. The van der Waals surface area contributed by atoms with E-state index in [4.69, 9.17) is 5.73 Å². The molecule has 1 atom stereocenters. The standard InChI is InChI=1S/C9H14N4O/c1-12-5-3-11-8(12)2-4-13-6-7(10)9(13)14/h3,5,7H,2,4,6,10H2,1H3. The second-order valence-corrected chi connectivity index (χ2v) is 3.60. The molecule has 0 bridgehead atoms. The molecule has 1 unspecified atom stereocenters. The van der Waals surface area contributed by atoms with E-state index < -0.39 is 0 Å². The molecule has 0 spiro atoms. The SMILES string of the molecule is Cn1ccnc1CCN1CC(N)C1=O. The first-order chi connectivity index (χ1) is 6.68. The smallest absolute Gasteiger partial charge is 0.241 e. The Morgan fingerprint density at radius 2 is 2.50 bits per heavy atom. The van der Waals surface area contributed by atoms with Crippen LogP contribution >= 0.6 is 0 Å². The van der Waals surface area contributed by atoms with E-state index in [1.165, 1.54) is 0 Å². The van der Waals surface area contributed by atoms with Gasteiger partial charge in [0.2, 0.25) is 5.91 Å². The van der Waals surface area contributed by atoms with Crippen molar-refractivity contribution in [3.05, 3.63) is 18.2 Å². The molecular weight excluding hydrogens is 180 g/mol. The summed E-state index contributed by atoms with van der Waals surface area (Å²) in [4.78, 5) is 17.1. The average molecular weight is 194 g/mol. The number of nitrogens with two attached hydrogens (primary N) is 1. The number of imidazole rings is 1. The van der Waals surface area contributed by atoms with Gasteiger partial charge in [-0.15, -0.1) is 0 Å². The summed E-state index contributed by atoms with van der Waals surface area (Å²) in [5.41, 5.74) is 5.48. The van der Waals surface area contributed by atoms with Crippen LogP contribution in [0.15, 0.2) is 12.4 Å². The van der Waals surface area contributed by atoms with Crippen molar-refractivity contribution in [3.63, 3.8) is 0 Å². The van der Waals surface area contributed by atoms with Crippen LogP contribution in [0.25, 0.3) is 0 Å². The maximum Gasteiger partial charge on any atom is 0.241 e. The zero-order chi connectivity index (χ0) is 10.1. The Morgan fingerprint density at radius 3 is 3.00 bits per heavy atom. The van der Waals surface area contributed by atoms with Gasteiger partial charge < -0.3 is 15.2 Å². The highest BCUT2D eigenvalue weighted by molar-refractivity contribution is 5.87. The highest BCUT2D eigenvalue weighted by Gasteiger charge is 2.32. The lowest BCUT2D eigenvalue weighted by Gasteiger charge is -2.36. The molecule has 76 valence electrons. The molecule has 5 nitrogen and oxygen atoms in total. The normalized spacial score (nSPS) is 21.1. The van der Waals surface area contributed by atoms with Crippen LogP contribution in [0.1, 0.15) is 5.82 Å². The van der Waals surface area contributed by atoms with E-state index in [0.717, 1.165) is 18.8 Å². The Kier molecular flexibility index (Phi) is 2.25. The molecular formula is C9H14N4O. The van der Waals surface area contributed by atoms with Crippen LogP contribution in [0.4, 0.5) is 0 Å². The molecule has 0 saturated carbocycles. The van der Waals surface area contributed by atoms with Crippen molar-refractivity contribution in [1.29, 1.82) is 0 Å². The summed E-state index contributed by atoms with van der Waals surface area (Å²) in [6.07, 6.45) is 4.46. The zero-order valence-electron chi connectivity index (χ0n) is 8.18. The summed E-state index contributed by atoms with van der Waals surface area (Å²) in [6.45, 7) is 1.40. The third-order valence-corrected chi connectivity index (χ3v) is 2.57. The Hall–Kier alpha value is -1.36. The minimum absolute atomic E-state index is 0.0548. The van der Waals surface area contributed by atoms with Gasteiger partial charge in [-0.05, 0) is 0 Å². The van der Waals surface area contributed by atoms with Crippen LogP contribution in [0.2, 0.25) is 0 Å². The molecule has 0 aromatic carbocycles. The first kappa shape index (κ1) is 9.21. The minimum Gasteiger partial charge on any atom is -0.339 e. The second kappa shape index (κ2) is 3.42. The number of likely N-dealkylation sites (tertiary alicyclic amines) is 1. The number of carbonyl (C=O) groups excluding carboxylic acids is 1. The van der Waals surface area contributed by atoms with E-state index in [9.17, 15) is 4.79 Å². The number of rotatable bonds is 3. The molecule has 2 N–H and O–H groups in total. The quantitative estimate of drug-likeness (QED) is 0.636. The van der Waals surface area contributed by atoms with Gasteiger partial charge in [0.25, 0.3) is 0 Å². The summed E-state index contributed by atoms with van der Waals surface area (Å²) in [7, 11) is 1.95. The highest BCUT2D eigenvalue weighted by Crippen LogP contribution is 2.08. The van der Waals surface area contributed by atoms with Gasteiger partial charge in [-0.1, -0.05) is 0 Å². The van der Waals surface area contributed by atoms with E-state index in [0.29, 0.717) is 6.54 Å².